The van der Waals surface area contributed by atoms with Gasteiger partial charge in [-0.15, -0.1) is 0 Å². The van der Waals surface area contributed by atoms with Gasteiger partial charge in [0.2, 0.25) is 0 Å². The molecule has 7 heteroatoms. The number of ether oxygens (including phenoxy) is 1. The number of carbonyl (C=O) groups is 2. The Hall–Kier alpha value is -2.44. The van der Waals surface area contributed by atoms with Crippen LogP contribution < -0.4 is 0 Å². The first-order valence-electron chi connectivity index (χ1n) is 5.10. The van der Waals surface area contributed by atoms with Gasteiger partial charge in [-0.1, -0.05) is 0 Å². The van der Waals surface area contributed by atoms with Crippen molar-refractivity contribution in [3.8, 4) is 0 Å². The van der Waals surface area contributed by atoms with Gasteiger partial charge in [-0.2, -0.15) is 0 Å². The average Bonchev–Trinajstić information content (AvgIpc) is 2.34. The lowest BCUT2D eigenvalue weighted by Crippen LogP contribution is -2.07. The number of nitro benzene ring substituents is 1. The zero-order valence-corrected chi connectivity index (χ0v) is 9.37. The summed E-state index contributed by atoms with van der Waals surface area (Å²) in [6.07, 6.45) is -0.471. The van der Waals surface area contributed by atoms with Gasteiger partial charge in [0, 0.05) is 12.1 Å². The van der Waals surface area contributed by atoms with Gasteiger partial charge >= 0.3 is 11.9 Å². The number of non-ortho nitro benzene ring substituents is 1. The van der Waals surface area contributed by atoms with Crippen molar-refractivity contribution in [2.24, 2.45) is 0 Å². The van der Waals surface area contributed by atoms with Crippen LogP contribution in [-0.2, 0) is 20.9 Å². The molecule has 0 atom stereocenters. The topological polar surface area (TPSA) is 107 Å². The first-order chi connectivity index (χ1) is 8.49. The van der Waals surface area contributed by atoms with E-state index in [1.807, 2.05) is 0 Å². The van der Waals surface area contributed by atoms with Crippen LogP contribution in [-0.4, -0.2) is 22.0 Å². The Morgan fingerprint density at radius 1 is 1.22 bits per heavy atom. The highest BCUT2D eigenvalue weighted by molar-refractivity contribution is 5.76. The van der Waals surface area contributed by atoms with Crippen molar-refractivity contribution in [1.29, 1.82) is 0 Å². The number of carboxylic acid groups (broad SMARTS) is 1. The summed E-state index contributed by atoms with van der Waals surface area (Å²) >= 11 is 0. The third-order valence-corrected chi connectivity index (χ3v) is 2.09. The number of benzene rings is 1. The molecule has 0 aliphatic heterocycles. The van der Waals surface area contributed by atoms with Gasteiger partial charge in [-0.05, 0) is 17.7 Å². The molecular weight excluding hydrogens is 242 g/mol. The molecule has 0 heterocycles. The lowest BCUT2D eigenvalue weighted by atomic mass is 10.2. The molecule has 1 aromatic carbocycles. The van der Waals surface area contributed by atoms with Crippen LogP contribution in [0.3, 0.4) is 0 Å². The molecule has 1 N–H and O–H groups in total. The third kappa shape index (κ3) is 4.60. The van der Waals surface area contributed by atoms with E-state index in [1.54, 1.807) is 0 Å². The van der Waals surface area contributed by atoms with E-state index >= 15 is 0 Å². The maximum atomic E-state index is 11.1. The van der Waals surface area contributed by atoms with Crippen LogP contribution in [0, 0.1) is 10.1 Å². The maximum absolute atomic E-state index is 11.1. The van der Waals surface area contributed by atoms with Crippen LogP contribution in [0.15, 0.2) is 24.3 Å². The first-order valence-corrected chi connectivity index (χ1v) is 5.10. The normalized spacial score (nSPS) is 9.78. The maximum Gasteiger partial charge on any atom is 0.306 e. The highest BCUT2D eigenvalue weighted by atomic mass is 16.6. The first kappa shape index (κ1) is 13.6. The Morgan fingerprint density at radius 3 is 2.33 bits per heavy atom. The lowest BCUT2D eigenvalue weighted by molar-refractivity contribution is -0.384. The summed E-state index contributed by atoms with van der Waals surface area (Å²) in [5.74, 6) is -1.68. The smallest absolute Gasteiger partial charge is 0.306 e. The predicted molar refractivity (Wildman–Crippen MR) is 59.8 cm³/mol. The quantitative estimate of drug-likeness (QED) is 0.467. The Kier molecular flexibility index (Phi) is 4.79. The molecule has 7 nitrogen and oxygen atoms in total. The number of nitrogens with zero attached hydrogens (tertiary/aromatic N) is 1. The second kappa shape index (κ2) is 6.33. The highest BCUT2D eigenvalue weighted by Gasteiger charge is 2.08. The van der Waals surface area contributed by atoms with Gasteiger partial charge in [0.25, 0.3) is 5.69 Å². The number of nitro groups is 1. The van der Waals surface area contributed by atoms with Crippen molar-refractivity contribution in [1.82, 2.24) is 0 Å². The largest absolute Gasteiger partial charge is 0.481 e. The summed E-state index contributed by atoms with van der Waals surface area (Å²) in [5, 5.41) is 18.8. The molecule has 0 aliphatic carbocycles. The van der Waals surface area contributed by atoms with Crippen molar-refractivity contribution < 1.29 is 24.4 Å². The molecule has 0 aliphatic rings. The summed E-state index contributed by atoms with van der Waals surface area (Å²) in [6, 6.07) is 5.56. The molecule has 0 unspecified atom stereocenters. The van der Waals surface area contributed by atoms with Crippen LogP contribution in [0.5, 0.6) is 0 Å². The van der Waals surface area contributed by atoms with Gasteiger partial charge in [-0.3, -0.25) is 19.7 Å². The van der Waals surface area contributed by atoms with Crippen molar-refractivity contribution in [2.75, 3.05) is 0 Å². The van der Waals surface area contributed by atoms with Crippen LogP contribution in [0.4, 0.5) is 5.69 Å². The van der Waals surface area contributed by atoms with Gasteiger partial charge in [-0.25, -0.2) is 0 Å². The van der Waals surface area contributed by atoms with E-state index in [2.05, 4.69) is 0 Å². The Morgan fingerprint density at radius 2 is 1.83 bits per heavy atom. The molecule has 96 valence electrons. The second-order valence-corrected chi connectivity index (χ2v) is 3.48. The lowest BCUT2D eigenvalue weighted by Gasteiger charge is -2.03. The fraction of sp³-hybridized carbons (Fsp3) is 0.273. The van der Waals surface area contributed by atoms with E-state index in [0.717, 1.165) is 0 Å². The highest BCUT2D eigenvalue weighted by Crippen LogP contribution is 2.12. The molecular formula is C11H11NO6. The molecule has 1 rings (SSSR count). The van der Waals surface area contributed by atoms with Crippen molar-refractivity contribution in [3.63, 3.8) is 0 Å². The monoisotopic (exact) mass is 253 g/mol. The standard InChI is InChI=1S/C11H11NO6/c13-10(14)5-6-11(15)18-7-8-1-3-9(4-2-8)12(16)17/h1-4H,5-7H2,(H,13,14). The van der Waals surface area contributed by atoms with Crippen molar-refractivity contribution >= 4 is 17.6 Å². The number of esters is 1. The minimum Gasteiger partial charge on any atom is -0.481 e. The van der Waals surface area contributed by atoms with E-state index < -0.39 is 16.9 Å². The van der Waals surface area contributed by atoms with E-state index in [0.29, 0.717) is 5.56 Å². The van der Waals surface area contributed by atoms with E-state index in [1.165, 1.54) is 24.3 Å². The molecule has 0 fully saturated rings. The summed E-state index contributed by atoms with van der Waals surface area (Å²) in [7, 11) is 0. The van der Waals surface area contributed by atoms with Crippen LogP contribution in [0.1, 0.15) is 18.4 Å². The van der Waals surface area contributed by atoms with Crippen molar-refractivity contribution in [2.45, 2.75) is 19.4 Å². The van der Waals surface area contributed by atoms with Crippen LogP contribution in [0.25, 0.3) is 0 Å². The second-order valence-electron chi connectivity index (χ2n) is 3.48. The number of hydrogen-bond donors (Lipinski definition) is 1. The zero-order chi connectivity index (χ0) is 13.5. The molecule has 0 aromatic heterocycles. The molecule has 0 bridgehead atoms. The molecule has 18 heavy (non-hydrogen) atoms. The third-order valence-electron chi connectivity index (χ3n) is 2.09. The summed E-state index contributed by atoms with van der Waals surface area (Å²) in [5.41, 5.74) is 0.556. The van der Waals surface area contributed by atoms with Gasteiger partial charge in [0.05, 0.1) is 17.8 Å². The molecule has 0 spiro atoms. The van der Waals surface area contributed by atoms with Crippen LogP contribution >= 0.6 is 0 Å². The summed E-state index contributed by atoms with van der Waals surface area (Å²) < 4.78 is 4.81. The fourth-order valence-corrected chi connectivity index (χ4v) is 1.16. The molecule has 0 amide bonds. The van der Waals surface area contributed by atoms with Crippen LogP contribution in [0.2, 0.25) is 0 Å². The summed E-state index contributed by atoms with van der Waals surface area (Å²) in [6.45, 7) is -0.0313. The summed E-state index contributed by atoms with van der Waals surface area (Å²) in [4.78, 5) is 31.2. The zero-order valence-electron chi connectivity index (χ0n) is 9.37. The molecule has 0 saturated heterocycles. The van der Waals surface area contributed by atoms with Gasteiger partial charge < -0.3 is 9.84 Å². The number of carboxylic acids is 1. The van der Waals surface area contributed by atoms with Gasteiger partial charge in [0.15, 0.2) is 0 Å². The minimum absolute atomic E-state index is 0.0313. The van der Waals surface area contributed by atoms with Gasteiger partial charge in [0.1, 0.15) is 6.61 Å². The number of carbonyl (C=O) groups excluding carboxylic acids is 1. The van der Waals surface area contributed by atoms with E-state index in [-0.39, 0.29) is 25.1 Å². The average molecular weight is 253 g/mol. The molecule has 0 saturated carbocycles. The minimum atomic E-state index is -1.07. The Bertz CT molecular complexity index is 453. The number of hydrogen-bond acceptors (Lipinski definition) is 5. The number of aliphatic carboxylic acids is 1. The Labute approximate surface area is 102 Å². The fourth-order valence-electron chi connectivity index (χ4n) is 1.16. The Balaban J connectivity index is 2.41. The van der Waals surface area contributed by atoms with Crippen molar-refractivity contribution in [3.05, 3.63) is 39.9 Å². The van der Waals surface area contributed by atoms with E-state index in [4.69, 9.17) is 9.84 Å². The SMILES string of the molecule is O=C(O)CCC(=O)OCc1ccc([N+](=O)[O-])cc1. The van der Waals surface area contributed by atoms with E-state index in [9.17, 15) is 19.7 Å². The predicted octanol–water partition coefficient (Wildman–Crippen LogP) is 1.50. The molecule has 1 aromatic rings. The number of rotatable bonds is 6. The molecule has 0 radical (unpaired) electrons.